The molecule has 0 aliphatic carbocycles. The summed E-state index contributed by atoms with van der Waals surface area (Å²) < 4.78 is 18.9. The van der Waals surface area contributed by atoms with E-state index in [1.54, 1.807) is 39.8 Å². The number of hydrogen-bond donors (Lipinski definition) is 3. The smallest absolute Gasteiger partial charge is 0.407 e. The lowest BCUT2D eigenvalue weighted by atomic mass is 9.99. The number of carbonyl (C=O) groups is 1. The van der Waals surface area contributed by atoms with E-state index >= 15 is 0 Å². The molecule has 2 atom stereocenters. The van der Waals surface area contributed by atoms with Gasteiger partial charge in [-0.3, -0.25) is 0 Å². The lowest BCUT2D eigenvalue weighted by molar-refractivity contribution is 0.0103. The van der Waals surface area contributed by atoms with Crippen molar-refractivity contribution in [2.24, 2.45) is 0 Å². The number of benzene rings is 1. The van der Waals surface area contributed by atoms with Crippen molar-refractivity contribution in [2.45, 2.75) is 51.9 Å². The van der Waals surface area contributed by atoms with Crippen LogP contribution in [0.15, 0.2) is 18.2 Å². The molecule has 5 nitrogen and oxygen atoms in total. The first-order valence-electron chi connectivity index (χ1n) is 7.20. The second kappa shape index (κ2) is 7.56. The zero-order chi connectivity index (χ0) is 16.9. The van der Waals surface area contributed by atoms with E-state index in [4.69, 9.17) is 4.74 Å². The van der Waals surface area contributed by atoms with E-state index in [9.17, 15) is 19.4 Å². The molecule has 1 aromatic rings. The van der Waals surface area contributed by atoms with E-state index < -0.39 is 29.7 Å². The number of amides is 1. The molecule has 1 aromatic carbocycles. The normalized spacial score (nSPS) is 14.3. The van der Waals surface area contributed by atoms with Gasteiger partial charge in [-0.25, -0.2) is 9.18 Å². The fourth-order valence-corrected chi connectivity index (χ4v) is 1.90. The number of rotatable bonds is 5. The minimum Gasteiger partial charge on any atom is -0.444 e. The monoisotopic (exact) mass is 313 g/mol. The Morgan fingerprint density at radius 2 is 2.00 bits per heavy atom. The maximum Gasteiger partial charge on any atom is 0.407 e. The van der Waals surface area contributed by atoms with Crippen LogP contribution < -0.4 is 5.32 Å². The molecular weight excluding hydrogens is 289 g/mol. The average Bonchev–Trinajstić information content (AvgIpc) is 2.39. The van der Waals surface area contributed by atoms with Gasteiger partial charge in [-0.1, -0.05) is 18.2 Å². The summed E-state index contributed by atoms with van der Waals surface area (Å²) in [7, 11) is 0. The minimum atomic E-state index is -1.35. The molecule has 0 fully saturated rings. The van der Waals surface area contributed by atoms with Gasteiger partial charge < -0.3 is 20.3 Å². The molecule has 1 rings (SSSR count). The first kappa shape index (κ1) is 18.4. The third kappa shape index (κ3) is 5.61. The van der Waals surface area contributed by atoms with Crippen LogP contribution in [0.3, 0.4) is 0 Å². The summed E-state index contributed by atoms with van der Waals surface area (Å²) in [6.07, 6.45) is -3.06. The minimum absolute atomic E-state index is 0.0461. The van der Waals surface area contributed by atoms with Crippen molar-refractivity contribution < 1.29 is 24.1 Å². The molecule has 3 N–H and O–H groups in total. The van der Waals surface area contributed by atoms with E-state index in [1.165, 1.54) is 6.07 Å². The molecule has 0 bridgehead atoms. The quantitative estimate of drug-likeness (QED) is 0.780. The van der Waals surface area contributed by atoms with E-state index in [0.29, 0.717) is 5.56 Å². The average molecular weight is 313 g/mol. The number of halogens is 1. The van der Waals surface area contributed by atoms with Crippen molar-refractivity contribution in [3.8, 4) is 0 Å². The third-order valence-corrected chi connectivity index (χ3v) is 3.01. The van der Waals surface area contributed by atoms with E-state index in [1.807, 2.05) is 0 Å². The van der Waals surface area contributed by atoms with Gasteiger partial charge in [-0.05, 0) is 39.7 Å². The van der Waals surface area contributed by atoms with Crippen LogP contribution >= 0.6 is 0 Å². The lowest BCUT2D eigenvalue weighted by Crippen LogP contribution is -2.34. The Kier molecular flexibility index (Phi) is 6.32. The maximum absolute atomic E-state index is 13.9. The molecule has 22 heavy (non-hydrogen) atoms. The standard InChI is InChI=1S/C16H24FNO4/c1-10-6-5-7-11(13(10)17)14(20)12(19)8-9-18-15(21)22-16(2,3)4/h5-7,12,14,19-20H,8-9H2,1-4H3,(H,18,21). The predicted molar refractivity (Wildman–Crippen MR) is 81.0 cm³/mol. The lowest BCUT2D eigenvalue weighted by Gasteiger charge is -2.21. The number of aliphatic hydroxyl groups excluding tert-OH is 2. The van der Waals surface area contributed by atoms with Gasteiger partial charge in [0.05, 0.1) is 6.10 Å². The number of carbonyl (C=O) groups excluding carboxylic acids is 1. The van der Waals surface area contributed by atoms with E-state index in [2.05, 4.69) is 5.32 Å². The highest BCUT2D eigenvalue weighted by Crippen LogP contribution is 2.23. The first-order chi connectivity index (χ1) is 10.1. The first-order valence-corrected chi connectivity index (χ1v) is 7.20. The Morgan fingerprint density at radius 1 is 1.36 bits per heavy atom. The molecule has 0 aliphatic rings. The van der Waals surface area contributed by atoms with Gasteiger partial charge in [0.1, 0.15) is 17.5 Å². The van der Waals surface area contributed by atoms with E-state index in [-0.39, 0.29) is 18.5 Å². The molecule has 124 valence electrons. The highest BCUT2D eigenvalue weighted by atomic mass is 19.1. The number of aryl methyl sites for hydroxylation is 1. The Labute approximate surface area is 130 Å². The summed E-state index contributed by atoms with van der Waals surface area (Å²) in [6, 6.07) is 4.63. The molecule has 0 aromatic heterocycles. The Balaban J connectivity index is 2.50. The predicted octanol–water partition coefficient (Wildman–Crippen LogP) is 2.44. The number of hydrogen-bond acceptors (Lipinski definition) is 4. The zero-order valence-electron chi connectivity index (χ0n) is 13.4. The molecule has 0 heterocycles. The molecular formula is C16H24FNO4. The SMILES string of the molecule is Cc1cccc(C(O)C(O)CCNC(=O)OC(C)(C)C)c1F. The van der Waals surface area contributed by atoms with Crippen LogP contribution in [0.2, 0.25) is 0 Å². The van der Waals surface area contributed by atoms with Gasteiger partial charge in [-0.2, -0.15) is 0 Å². The van der Waals surface area contributed by atoms with Crippen molar-refractivity contribution in [1.29, 1.82) is 0 Å². The van der Waals surface area contributed by atoms with Gasteiger partial charge in [0.2, 0.25) is 0 Å². The summed E-state index contributed by atoms with van der Waals surface area (Å²) in [5, 5.41) is 22.4. The fraction of sp³-hybridized carbons (Fsp3) is 0.562. The molecule has 0 aliphatic heterocycles. The summed E-state index contributed by atoms with van der Waals surface area (Å²) >= 11 is 0. The van der Waals surface area contributed by atoms with Crippen LogP contribution in [0.25, 0.3) is 0 Å². The van der Waals surface area contributed by atoms with Crippen LogP contribution in [0, 0.1) is 12.7 Å². The summed E-state index contributed by atoms with van der Waals surface area (Å²) in [5.74, 6) is -0.533. The molecule has 0 saturated heterocycles. The topological polar surface area (TPSA) is 78.8 Å². The highest BCUT2D eigenvalue weighted by molar-refractivity contribution is 5.67. The number of aliphatic hydroxyl groups is 2. The van der Waals surface area contributed by atoms with Crippen LogP contribution in [0.5, 0.6) is 0 Å². The van der Waals surface area contributed by atoms with E-state index in [0.717, 1.165) is 0 Å². The van der Waals surface area contributed by atoms with Gasteiger partial charge in [0.15, 0.2) is 0 Å². The second-order valence-electron chi connectivity index (χ2n) is 6.21. The molecule has 0 radical (unpaired) electrons. The molecule has 0 saturated carbocycles. The maximum atomic E-state index is 13.9. The van der Waals surface area contributed by atoms with Crippen LogP contribution in [-0.2, 0) is 4.74 Å². The fourth-order valence-electron chi connectivity index (χ4n) is 1.90. The third-order valence-electron chi connectivity index (χ3n) is 3.01. The summed E-state index contributed by atoms with van der Waals surface area (Å²) in [4.78, 5) is 11.4. The molecule has 2 unspecified atom stereocenters. The Morgan fingerprint density at radius 3 is 2.59 bits per heavy atom. The van der Waals surface area contributed by atoms with Crippen molar-refractivity contribution in [1.82, 2.24) is 5.32 Å². The number of nitrogens with one attached hydrogen (secondary N) is 1. The largest absolute Gasteiger partial charge is 0.444 e. The molecule has 0 spiro atoms. The van der Waals surface area contributed by atoms with Gasteiger partial charge in [-0.15, -0.1) is 0 Å². The van der Waals surface area contributed by atoms with Gasteiger partial charge >= 0.3 is 6.09 Å². The van der Waals surface area contributed by atoms with Crippen molar-refractivity contribution in [3.63, 3.8) is 0 Å². The molecule has 6 heteroatoms. The number of alkyl carbamates (subject to hydrolysis) is 1. The molecule has 1 amide bonds. The van der Waals surface area contributed by atoms with Crippen LogP contribution in [-0.4, -0.2) is 34.6 Å². The Bertz CT molecular complexity index is 513. The van der Waals surface area contributed by atoms with Crippen molar-refractivity contribution in [2.75, 3.05) is 6.54 Å². The van der Waals surface area contributed by atoms with Gasteiger partial charge in [0.25, 0.3) is 0 Å². The van der Waals surface area contributed by atoms with Gasteiger partial charge in [0, 0.05) is 12.1 Å². The summed E-state index contributed by atoms with van der Waals surface area (Å²) in [6.45, 7) is 6.92. The van der Waals surface area contributed by atoms with Crippen LogP contribution in [0.4, 0.5) is 9.18 Å². The second-order valence-corrected chi connectivity index (χ2v) is 6.21. The Hall–Kier alpha value is -1.66. The van der Waals surface area contributed by atoms with Crippen molar-refractivity contribution >= 4 is 6.09 Å². The van der Waals surface area contributed by atoms with Crippen LogP contribution in [0.1, 0.15) is 44.4 Å². The number of ether oxygens (including phenoxy) is 1. The summed E-state index contributed by atoms with van der Waals surface area (Å²) in [5.41, 5.74) is -0.159. The zero-order valence-corrected chi connectivity index (χ0v) is 13.4. The highest BCUT2D eigenvalue weighted by Gasteiger charge is 2.22. The van der Waals surface area contributed by atoms with Crippen molar-refractivity contribution in [3.05, 3.63) is 35.1 Å².